The molecule has 0 fully saturated rings. The van der Waals surface area contributed by atoms with Crippen molar-refractivity contribution in [3.05, 3.63) is 29.3 Å². The van der Waals surface area contributed by atoms with Crippen molar-refractivity contribution in [2.24, 2.45) is 5.92 Å². The van der Waals surface area contributed by atoms with Crippen molar-refractivity contribution >= 4 is 17.5 Å². The summed E-state index contributed by atoms with van der Waals surface area (Å²) < 4.78 is 5.69. The molecule has 106 valence electrons. The first-order chi connectivity index (χ1) is 8.93. The molecule has 19 heavy (non-hydrogen) atoms. The van der Waals surface area contributed by atoms with Gasteiger partial charge in [0.25, 0.3) is 5.91 Å². The molecule has 3 nitrogen and oxygen atoms in total. The summed E-state index contributed by atoms with van der Waals surface area (Å²) in [6, 6.07) is 7.17. The maximum atomic E-state index is 12.1. The molecule has 0 aromatic heterocycles. The van der Waals surface area contributed by atoms with Gasteiger partial charge in [0, 0.05) is 11.1 Å². The van der Waals surface area contributed by atoms with Gasteiger partial charge in [0.2, 0.25) is 0 Å². The van der Waals surface area contributed by atoms with Gasteiger partial charge in [-0.2, -0.15) is 0 Å². The van der Waals surface area contributed by atoms with Gasteiger partial charge in [-0.15, -0.1) is 0 Å². The normalized spacial score (nSPS) is 14.0. The third kappa shape index (κ3) is 5.11. The Morgan fingerprint density at radius 2 is 1.84 bits per heavy atom. The van der Waals surface area contributed by atoms with Crippen LogP contribution >= 0.6 is 11.6 Å². The molecule has 0 aliphatic carbocycles. The largest absolute Gasteiger partial charge is 0.481 e. The molecule has 0 saturated heterocycles. The molecule has 1 aromatic rings. The zero-order valence-corrected chi connectivity index (χ0v) is 12.7. The Labute approximate surface area is 120 Å². The predicted octanol–water partition coefficient (Wildman–Crippen LogP) is 3.66. The van der Waals surface area contributed by atoms with Crippen molar-refractivity contribution in [1.82, 2.24) is 5.32 Å². The molecule has 0 radical (unpaired) electrons. The number of carbonyl (C=O) groups is 1. The Kier molecular flexibility index (Phi) is 6.16. The van der Waals surface area contributed by atoms with Crippen LogP contribution in [0.2, 0.25) is 5.02 Å². The van der Waals surface area contributed by atoms with E-state index < -0.39 is 6.10 Å². The standard InChI is InChI=1S/C15H22ClNO2/c1-5-14(15(18)17-11(4)10(2)3)19-13-8-6-12(16)7-9-13/h6-11,14H,5H2,1-4H3,(H,17,18)/t11-,14-/m0/s1. The Morgan fingerprint density at radius 3 is 2.32 bits per heavy atom. The summed E-state index contributed by atoms with van der Waals surface area (Å²) in [5.41, 5.74) is 0. The molecule has 0 unspecified atom stereocenters. The molecule has 0 bridgehead atoms. The van der Waals surface area contributed by atoms with Crippen LogP contribution in [-0.4, -0.2) is 18.1 Å². The van der Waals surface area contributed by atoms with Crippen molar-refractivity contribution in [2.45, 2.75) is 46.3 Å². The zero-order chi connectivity index (χ0) is 14.4. The van der Waals surface area contributed by atoms with E-state index in [0.717, 1.165) is 0 Å². The summed E-state index contributed by atoms with van der Waals surface area (Å²) in [6.45, 7) is 8.08. The van der Waals surface area contributed by atoms with Gasteiger partial charge in [-0.25, -0.2) is 0 Å². The van der Waals surface area contributed by atoms with Crippen LogP contribution in [0.4, 0.5) is 0 Å². The van der Waals surface area contributed by atoms with E-state index in [4.69, 9.17) is 16.3 Å². The van der Waals surface area contributed by atoms with Gasteiger partial charge in [0.05, 0.1) is 0 Å². The Bertz CT molecular complexity index is 403. The van der Waals surface area contributed by atoms with E-state index in [0.29, 0.717) is 23.1 Å². The van der Waals surface area contributed by atoms with Crippen LogP contribution in [0.25, 0.3) is 0 Å². The van der Waals surface area contributed by atoms with Crippen molar-refractivity contribution in [1.29, 1.82) is 0 Å². The van der Waals surface area contributed by atoms with Crippen molar-refractivity contribution < 1.29 is 9.53 Å². The number of hydrogen-bond donors (Lipinski definition) is 1. The summed E-state index contributed by atoms with van der Waals surface area (Å²) in [7, 11) is 0. The van der Waals surface area contributed by atoms with E-state index in [2.05, 4.69) is 19.2 Å². The number of amides is 1. The molecular formula is C15H22ClNO2. The van der Waals surface area contributed by atoms with Gasteiger partial charge < -0.3 is 10.1 Å². The minimum absolute atomic E-state index is 0.0707. The first-order valence-electron chi connectivity index (χ1n) is 6.66. The number of halogens is 1. The van der Waals surface area contributed by atoms with E-state index in [9.17, 15) is 4.79 Å². The second-order valence-corrected chi connectivity index (χ2v) is 5.45. The lowest BCUT2D eigenvalue weighted by Gasteiger charge is -2.22. The lowest BCUT2D eigenvalue weighted by atomic mass is 10.1. The number of carbonyl (C=O) groups excluding carboxylic acids is 1. The number of benzene rings is 1. The van der Waals surface area contributed by atoms with Gasteiger partial charge in [-0.3, -0.25) is 4.79 Å². The first kappa shape index (κ1) is 15.8. The van der Waals surface area contributed by atoms with E-state index in [1.807, 2.05) is 13.8 Å². The third-order valence-electron chi connectivity index (χ3n) is 3.13. The van der Waals surface area contributed by atoms with Crippen LogP contribution in [0.5, 0.6) is 5.75 Å². The summed E-state index contributed by atoms with van der Waals surface area (Å²) >= 11 is 5.81. The van der Waals surface area contributed by atoms with Crippen LogP contribution < -0.4 is 10.1 Å². The smallest absolute Gasteiger partial charge is 0.261 e. The average molecular weight is 284 g/mol. The minimum atomic E-state index is -0.470. The predicted molar refractivity (Wildman–Crippen MR) is 78.6 cm³/mol. The molecule has 0 spiro atoms. The lowest BCUT2D eigenvalue weighted by molar-refractivity contribution is -0.129. The third-order valence-corrected chi connectivity index (χ3v) is 3.38. The van der Waals surface area contributed by atoms with Crippen LogP contribution in [0.15, 0.2) is 24.3 Å². The molecule has 0 saturated carbocycles. The molecule has 2 atom stereocenters. The SMILES string of the molecule is CC[C@H](Oc1ccc(Cl)cc1)C(=O)N[C@@H](C)C(C)C. The van der Waals surface area contributed by atoms with Crippen LogP contribution in [0.1, 0.15) is 34.1 Å². The van der Waals surface area contributed by atoms with E-state index in [1.54, 1.807) is 24.3 Å². The number of rotatable bonds is 6. The highest BCUT2D eigenvalue weighted by Gasteiger charge is 2.21. The number of nitrogens with one attached hydrogen (secondary N) is 1. The lowest BCUT2D eigenvalue weighted by Crippen LogP contribution is -2.44. The van der Waals surface area contributed by atoms with E-state index in [1.165, 1.54) is 0 Å². The maximum absolute atomic E-state index is 12.1. The second kappa shape index (κ2) is 7.39. The highest BCUT2D eigenvalue weighted by atomic mass is 35.5. The summed E-state index contributed by atoms with van der Waals surface area (Å²) in [5.74, 6) is 0.985. The van der Waals surface area contributed by atoms with Gasteiger partial charge in [-0.05, 0) is 43.5 Å². The fourth-order valence-electron chi connectivity index (χ4n) is 1.48. The average Bonchev–Trinajstić information content (AvgIpc) is 2.37. The molecular weight excluding hydrogens is 262 g/mol. The Hall–Kier alpha value is -1.22. The molecule has 0 aliphatic heterocycles. The highest BCUT2D eigenvalue weighted by molar-refractivity contribution is 6.30. The molecule has 0 heterocycles. The van der Waals surface area contributed by atoms with E-state index in [-0.39, 0.29) is 11.9 Å². The van der Waals surface area contributed by atoms with E-state index >= 15 is 0 Å². The number of hydrogen-bond acceptors (Lipinski definition) is 2. The molecule has 4 heteroatoms. The molecule has 0 aliphatic rings. The van der Waals surface area contributed by atoms with Crippen molar-refractivity contribution in [3.63, 3.8) is 0 Å². The Morgan fingerprint density at radius 1 is 1.26 bits per heavy atom. The fourth-order valence-corrected chi connectivity index (χ4v) is 1.61. The maximum Gasteiger partial charge on any atom is 0.261 e. The summed E-state index contributed by atoms with van der Waals surface area (Å²) in [4.78, 5) is 12.1. The second-order valence-electron chi connectivity index (χ2n) is 5.01. The zero-order valence-electron chi connectivity index (χ0n) is 11.9. The van der Waals surface area contributed by atoms with Gasteiger partial charge in [0.1, 0.15) is 5.75 Å². The van der Waals surface area contributed by atoms with Crippen LogP contribution in [-0.2, 0) is 4.79 Å². The summed E-state index contributed by atoms with van der Waals surface area (Å²) in [5, 5.41) is 3.62. The van der Waals surface area contributed by atoms with Crippen LogP contribution in [0.3, 0.4) is 0 Å². The Balaban J connectivity index is 2.62. The monoisotopic (exact) mass is 283 g/mol. The molecule has 1 rings (SSSR count). The van der Waals surface area contributed by atoms with Gasteiger partial charge >= 0.3 is 0 Å². The number of ether oxygens (including phenoxy) is 1. The topological polar surface area (TPSA) is 38.3 Å². The van der Waals surface area contributed by atoms with Crippen molar-refractivity contribution in [3.8, 4) is 5.75 Å². The van der Waals surface area contributed by atoms with Crippen molar-refractivity contribution in [2.75, 3.05) is 0 Å². The fraction of sp³-hybridized carbons (Fsp3) is 0.533. The van der Waals surface area contributed by atoms with Gasteiger partial charge in [0.15, 0.2) is 6.10 Å². The van der Waals surface area contributed by atoms with Crippen LogP contribution in [0, 0.1) is 5.92 Å². The quantitative estimate of drug-likeness (QED) is 0.865. The highest BCUT2D eigenvalue weighted by Crippen LogP contribution is 2.17. The molecule has 1 N–H and O–H groups in total. The minimum Gasteiger partial charge on any atom is -0.481 e. The van der Waals surface area contributed by atoms with Gasteiger partial charge in [-0.1, -0.05) is 32.4 Å². The molecule has 1 amide bonds. The summed E-state index contributed by atoms with van der Waals surface area (Å²) in [6.07, 6.45) is 0.154. The molecule has 1 aromatic carbocycles. The first-order valence-corrected chi connectivity index (χ1v) is 7.04.